The number of rotatable bonds is 4. The van der Waals surface area contributed by atoms with Crippen LogP contribution in [0.5, 0.6) is 0 Å². The average Bonchev–Trinajstić information content (AvgIpc) is 2.15. The van der Waals surface area contributed by atoms with E-state index in [2.05, 4.69) is 30.6 Å². The summed E-state index contributed by atoms with van der Waals surface area (Å²) < 4.78 is 0. The predicted molar refractivity (Wildman–Crippen MR) is 62.6 cm³/mol. The largest absolute Gasteiger partial charge is 0.163 e. The molecule has 0 aromatic heterocycles. The molecule has 0 radical (unpaired) electrons. The Balaban J connectivity index is 0. The second-order valence-corrected chi connectivity index (χ2v) is 2.59. The molecule has 0 aliphatic rings. The third kappa shape index (κ3) is 8.99. The highest BCUT2D eigenvalue weighted by molar-refractivity contribution is 5.95. The minimum absolute atomic E-state index is 0.404. The zero-order chi connectivity index (χ0) is 10.7. The molecule has 0 heterocycles. The van der Waals surface area contributed by atoms with E-state index >= 15 is 0 Å². The number of hydrogen-bond acceptors (Lipinski definition) is 2. The predicted octanol–water partition coefficient (Wildman–Crippen LogP) is 3.69. The molecular weight excluding hydrogens is 160 g/mol. The fourth-order valence-electron chi connectivity index (χ4n) is 0.581. The van der Waals surface area contributed by atoms with E-state index in [1.807, 2.05) is 20.8 Å². The summed E-state index contributed by atoms with van der Waals surface area (Å²) in [5.41, 5.74) is 0.940. The van der Waals surface area contributed by atoms with Crippen LogP contribution in [0.4, 0.5) is 0 Å². The molecule has 0 amide bonds. The fraction of sp³-hybridized carbons (Fsp3) is 0.636. The van der Waals surface area contributed by atoms with Crippen LogP contribution in [-0.4, -0.2) is 11.9 Å². The first kappa shape index (κ1) is 14.6. The normalized spacial score (nSPS) is 11.4. The van der Waals surface area contributed by atoms with E-state index in [0.29, 0.717) is 5.92 Å². The summed E-state index contributed by atoms with van der Waals surface area (Å²) in [5, 5.41) is 7.87. The molecule has 0 saturated heterocycles. The van der Waals surface area contributed by atoms with Gasteiger partial charge >= 0.3 is 0 Å². The molecule has 76 valence electrons. The molecule has 13 heavy (non-hydrogen) atoms. The maximum Gasteiger partial charge on any atom is 0.0649 e. The highest BCUT2D eigenvalue weighted by Crippen LogP contribution is 1.98. The van der Waals surface area contributed by atoms with Crippen molar-refractivity contribution in [2.75, 3.05) is 0 Å². The first-order chi connectivity index (χ1) is 6.22. The van der Waals surface area contributed by atoms with Gasteiger partial charge in [-0.3, -0.25) is 0 Å². The molecule has 0 fully saturated rings. The molecular formula is C11H22N2. The summed E-state index contributed by atoms with van der Waals surface area (Å²) in [6.45, 7) is 13.8. The van der Waals surface area contributed by atoms with Crippen molar-refractivity contribution in [1.82, 2.24) is 0 Å². The second kappa shape index (κ2) is 11.1. The molecule has 0 N–H and O–H groups in total. The van der Waals surface area contributed by atoms with Crippen molar-refractivity contribution < 1.29 is 0 Å². The lowest BCUT2D eigenvalue weighted by molar-refractivity contribution is 0.881. The standard InChI is InChI=1S/C9H16N2.C2H6/c1-5-7-10-11-9(6-2)8(3)4;1-2/h6-8H,2,5H2,1,3-4H3;1-2H3/b10-7-,11-9+;. The number of allylic oxidation sites excluding steroid dienone is 1. The lowest BCUT2D eigenvalue weighted by atomic mass is 10.1. The molecule has 0 rings (SSSR count). The zero-order valence-corrected chi connectivity index (χ0v) is 9.54. The molecule has 0 unspecified atom stereocenters. The van der Waals surface area contributed by atoms with Gasteiger partial charge in [0.05, 0.1) is 5.71 Å². The third-order valence-corrected chi connectivity index (χ3v) is 1.24. The van der Waals surface area contributed by atoms with Gasteiger partial charge in [-0.15, -0.1) is 0 Å². The maximum atomic E-state index is 4.00. The van der Waals surface area contributed by atoms with Gasteiger partial charge < -0.3 is 0 Å². The Bertz CT molecular complexity index is 167. The first-order valence-corrected chi connectivity index (χ1v) is 4.94. The van der Waals surface area contributed by atoms with Gasteiger partial charge in [0.25, 0.3) is 0 Å². The summed E-state index contributed by atoms with van der Waals surface area (Å²) in [7, 11) is 0. The molecule has 0 saturated carbocycles. The Kier molecular flexibility index (Phi) is 12.4. The van der Waals surface area contributed by atoms with Crippen LogP contribution in [0, 0.1) is 5.92 Å². The summed E-state index contributed by atoms with van der Waals surface area (Å²) >= 11 is 0. The highest BCUT2D eigenvalue weighted by Gasteiger charge is 1.97. The Hall–Kier alpha value is -0.920. The SMILES string of the molecule is C=C/C(=N\N=C/CC)C(C)C.CC. The van der Waals surface area contributed by atoms with Crippen molar-refractivity contribution >= 4 is 11.9 Å². The summed E-state index contributed by atoms with van der Waals surface area (Å²) in [5.74, 6) is 0.404. The molecule has 2 heteroatoms. The maximum absolute atomic E-state index is 4.00. The van der Waals surface area contributed by atoms with Crippen molar-refractivity contribution in [1.29, 1.82) is 0 Å². The molecule has 0 atom stereocenters. The third-order valence-electron chi connectivity index (χ3n) is 1.24. The van der Waals surface area contributed by atoms with Crippen molar-refractivity contribution in [2.45, 2.75) is 41.0 Å². The Labute approximate surface area is 82.5 Å². The quantitative estimate of drug-likeness (QED) is 0.468. The number of nitrogens with zero attached hydrogens (tertiary/aromatic N) is 2. The molecule has 0 bridgehead atoms. The molecule has 0 aliphatic carbocycles. The van der Waals surface area contributed by atoms with Gasteiger partial charge in [-0.05, 0) is 18.4 Å². The minimum Gasteiger partial charge on any atom is -0.163 e. The van der Waals surface area contributed by atoms with Crippen LogP contribution in [-0.2, 0) is 0 Å². The van der Waals surface area contributed by atoms with Crippen LogP contribution >= 0.6 is 0 Å². The molecule has 0 aromatic carbocycles. The van der Waals surface area contributed by atoms with E-state index < -0.39 is 0 Å². The van der Waals surface area contributed by atoms with E-state index in [-0.39, 0.29) is 0 Å². The topological polar surface area (TPSA) is 24.7 Å². The lowest BCUT2D eigenvalue weighted by Gasteiger charge is -2.00. The van der Waals surface area contributed by atoms with Crippen LogP contribution in [0.15, 0.2) is 22.9 Å². The Morgan fingerprint density at radius 1 is 1.38 bits per heavy atom. The van der Waals surface area contributed by atoms with Gasteiger partial charge in [0.1, 0.15) is 0 Å². The second-order valence-electron chi connectivity index (χ2n) is 2.59. The molecule has 0 aromatic rings. The van der Waals surface area contributed by atoms with E-state index in [1.54, 1.807) is 12.3 Å². The van der Waals surface area contributed by atoms with Crippen LogP contribution in [0.3, 0.4) is 0 Å². The van der Waals surface area contributed by atoms with Gasteiger partial charge in [0, 0.05) is 6.21 Å². The van der Waals surface area contributed by atoms with E-state index in [9.17, 15) is 0 Å². The monoisotopic (exact) mass is 182 g/mol. The van der Waals surface area contributed by atoms with Crippen LogP contribution in [0.1, 0.15) is 41.0 Å². The van der Waals surface area contributed by atoms with Crippen molar-refractivity contribution in [3.63, 3.8) is 0 Å². The van der Waals surface area contributed by atoms with Crippen molar-refractivity contribution in [3.8, 4) is 0 Å². The summed E-state index contributed by atoms with van der Waals surface area (Å²) in [6, 6.07) is 0. The molecule has 2 nitrogen and oxygen atoms in total. The van der Waals surface area contributed by atoms with Crippen LogP contribution < -0.4 is 0 Å². The van der Waals surface area contributed by atoms with Crippen molar-refractivity contribution in [2.24, 2.45) is 16.1 Å². The highest BCUT2D eigenvalue weighted by atomic mass is 15.2. The molecule has 0 aliphatic heterocycles. The smallest absolute Gasteiger partial charge is 0.0649 e. The number of hydrogen-bond donors (Lipinski definition) is 0. The summed E-state index contributed by atoms with van der Waals surface area (Å²) in [6.07, 6.45) is 4.45. The molecule has 0 spiro atoms. The van der Waals surface area contributed by atoms with E-state index in [0.717, 1.165) is 12.1 Å². The van der Waals surface area contributed by atoms with E-state index in [1.165, 1.54) is 0 Å². The van der Waals surface area contributed by atoms with Gasteiger partial charge in [0.2, 0.25) is 0 Å². The lowest BCUT2D eigenvalue weighted by Crippen LogP contribution is -2.02. The Morgan fingerprint density at radius 3 is 2.23 bits per heavy atom. The van der Waals surface area contributed by atoms with Crippen LogP contribution in [0.25, 0.3) is 0 Å². The summed E-state index contributed by atoms with van der Waals surface area (Å²) in [4.78, 5) is 0. The van der Waals surface area contributed by atoms with Gasteiger partial charge in [-0.1, -0.05) is 41.2 Å². The van der Waals surface area contributed by atoms with E-state index in [4.69, 9.17) is 0 Å². The van der Waals surface area contributed by atoms with Gasteiger partial charge in [-0.25, -0.2) is 0 Å². The zero-order valence-electron chi connectivity index (χ0n) is 9.54. The average molecular weight is 182 g/mol. The van der Waals surface area contributed by atoms with Crippen LogP contribution in [0.2, 0.25) is 0 Å². The van der Waals surface area contributed by atoms with Gasteiger partial charge in [0.15, 0.2) is 0 Å². The first-order valence-electron chi connectivity index (χ1n) is 4.94. The fourth-order valence-corrected chi connectivity index (χ4v) is 0.581. The Morgan fingerprint density at radius 2 is 1.92 bits per heavy atom. The van der Waals surface area contributed by atoms with Crippen molar-refractivity contribution in [3.05, 3.63) is 12.7 Å². The minimum atomic E-state index is 0.404. The van der Waals surface area contributed by atoms with Gasteiger partial charge in [-0.2, -0.15) is 10.2 Å².